The Bertz CT molecular complexity index is 934. The largest absolute Gasteiger partial charge is 0.456 e. The first kappa shape index (κ1) is 22.0. The average Bonchev–Trinajstić information content (AvgIpc) is 2.75. The third kappa shape index (κ3) is 4.70. The summed E-state index contributed by atoms with van der Waals surface area (Å²) in [6, 6.07) is 4.77. The summed E-state index contributed by atoms with van der Waals surface area (Å²) in [5, 5.41) is 12.8. The number of amides is 2. The summed E-state index contributed by atoms with van der Waals surface area (Å²) in [4.78, 5) is 59.6. The molecule has 2 heterocycles. The van der Waals surface area contributed by atoms with E-state index in [4.69, 9.17) is 4.74 Å². The number of hydrogen-bond donors (Lipinski definition) is 1. The van der Waals surface area contributed by atoms with E-state index >= 15 is 0 Å². The minimum atomic E-state index is -0.809. The lowest BCUT2D eigenvalue weighted by molar-refractivity contribution is -0.384. The molecule has 30 heavy (non-hydrogen) atoms. The quantitative estimate of drug-likeness (QED) is 0.141. The van der Waals surface area contributed by atoms with E-state index in [1.807, 2.05) is 0 Å². The van der Waals surface area contributed by atoms with Gasteiger partial charge in [0.15, 0.2) is 5.78 Å². The minimum absolute atomic E-state index is 0.0524. The topological polar surface area (TPSA) is 136 Å². The third-order valence-electron chi connectivity index (χ3n) is 4.40. The molecular formula is C18H16BrN3O7S. The molecule has 1 fully saturated rings. The zero-order valence-electron chi connectivity index (χ0n) is 15.4. The van der Waals surface area contributed by atoms with Crippen LogP contribution in [0.15, 0.2) is 36.0 Å². The number of ketones is 1. The molecule has 0 aliphatic carbocycles. The van der Waals surface area contributed by atoms with Crippen LogP contribution in [-0.2, 0) is 30.5 Å². The number of benzene rings is 1. The van der Waals surface area contributed by atoms with Gasteiger partial charge in [0.1, 0.15) is 23.7 Å². The number of nitrogens with zero attached hydrogens (tertiary/aromatic N) is 2. The second-order valence-electron chi connectivity index (χ2n) is 6.42. The summed E-state index contributed by atoms with van der Waals surface area (Å²) in [6.45, 7) is -0.108. The number of fused-ring (bicyclic) bond motifs is 1. The standard InChI is InChI=1S/C18H16BrN3O7S/c19-8-12(23)7-14(24)20-15-16(25)21-13(5-6-30-17(15)21)18(26)29-9-10-1-3-11(4-2-10)22(27)28/h1-5,15,17H,6-9H2,(H,20,24)/t15?,17-/m0/s1. The van der Waals surface area contributed by atoms with Crippen molar-refractivity contribution in [2.45, 2.75) is 24.4 Å². The Morgan fingerprint density at radius 2 is 2.00 bits per heavy atom. The number of Topliss-reactive ketones (excluding diaryl/α,β-unsaturated/α-hetero) is 1. The summed E-state index contributed by atoms with van der Waals surface area (Å²) in [6.07, 6.45) is 1.25. The van der Waals surface area contributed by atoms with Gasteiger partial charge in [-0.1, -0.05) is 15.9 Å². The van der Waals surface area contributed by atoms with E-state index in [-0.39, 0.29) is 35.5 Å². The molecule has 1 unspecified atom stereocenters. The first-order chi connectivity index (χ1) is 14.3. The third-order valence-corrected chi connectivity index (χ3v) is 6.20. The highest BCUT2D eigenvalue weighted by Crippen LogP contribution is 2.37. The van der Waals surface area contributed by atoms with Crippen LogP contribution in [0.4, 0.5) is 5.69 Å². The lowest BCUT2D eigenvalue weighted by atomic mass is 10.0. The number of β-lactam (4-membered cyclic amide) rings is 1. The Morgan fingerprint density at radius 3 is 2.63 bits per heavy atom. The smallest absolute Gasteiger partial charge is 0.355 e. The van der Waals surface area contributed by atoms with Crippen LogP contribution in [0.5, 0.6) is 0 Å². The van der Waals surface area contributed by atoms with Crippen molar-refractivity contribution in [1.82, 2.24) is 10.2 Å². The molecule has 1 aromatic carbocycles. The lowest BCUT2D eigenvalue weighted by Gasteiger charge is -2.48. The van der Waals surface area contributed by atoms with Gasteiger partial charge in [0.2, 0.25) is 5.91 Å². The fraction of sp³-hybridized carbons (Fsp3) is 0.333. The van der Waals surface area contributed by atoms with Crippen LogP contribution in [0.25, 0.3) is 0 Å². The Balaban J connectivity index is 1.57. The van der Waals surface area contributed by atoms with Crippen LogP contribution in [0.1, 0.15) is 12.0 Å². The zero-order valence-corrected chi connectivity index (χ0v) is 17.8. The van der Waals surface area contributed by atoms with Gasteiger partial charge in [-0.05, 0) is 23.8 Å². The van der Waals surface area contributed by atoms with Gasteiger partial charge in [0, 0.05) is 17.9 Å². The highest BCUT2D eigenvalue weighted by Gasteiger charge is 2.53. The van der Waals surface area contributed by atoms with Crippen LogP contribution >= 0.6 is 27.7 Å². The van der Waals surface area contributed by atoms with E-state index in [1.165, 1.54) is 40.9 Å². The van der Waals surface area contributed by atoms with Crippen molar-refractivity contribution in [1.29, 1.82) is 0 Å². The summed E-state index contributed by atoms with van der Waals surface area (Å²) in [5.41, 5.74) is 0.581. The predicted molar refractivity (Wildman–Crippen MR) is 109 cm³/mol. The van der Waals surface area contributed by atoms with Crippen molar-refractivity contribution in [3.05, 3.63) is 51.7 Å². The summed E-state index contributed by atoms with van der Waals surface area (Å²) in [7, 11) is 0. The first-order valence-electron chi connectivity index (χ1n) is 8.74. The number of nitrogens with one attached hydrogen (secondary N) is 1. The van der Waals surface area contributed by atoms with Crippen LogP contribution in [0.3, 0.4) is 0 Å². The molecule has 2 aliphatic rings. The number of rotatable bonds is 8. The number of non-ortho nitro benzene ring substituents is 1. The van der Waals surface area contributed by atoms with E-state index in [2.05, 4.69) is 21.2 Å². The molecule has 12 heteroatoms. The van der Waals surface area contributed by atoms with Crippen LogP contribution in [0.2, 0.25) is 0 Å². The fourth-order valence-electron chi connectivity index (χ4n) is 2.92. The minimum Gasteiger partial charge on any atom is -0.456 e. The zero-order chi connectivity index (χ0) is 21.8. The van der Waals surface area contributed by atoms with Gasteiger partial charge in [-0.2, -0.15) is 0 Å². The van der Waals surface area contributed by atoms with Crippen LogP contribution < -0.4 is 5.32 Å². The lowest BCUT2D eigenvalue weighted by Crippen LogP contribution is -2.70. The monoisotopic (exact) mass is 497 g/mol. The molecule has 1 N–H and O–H groups in total. The highest BCUT2D eigenvalue weighted by atomic mass is 79.9. The second kappa shape index (κ2) is 9.39. The maximum Gasteiger partial charge on any atom is 0.355 e. The van der Waals surface area contributed by atoms with E-state index in [9.17, 15) is 29.3 Å². The van der Waals surface area contributed by atoms with Crippen molar-refractivity contribution in [2.75, 3.05) is 11.1 Å². The predicted octanol–water partition coefficient (Wildman–Crippen LogP) is 1.28. The van der Waals surface area contributed by atoms with Crippen LogP contribution in [0, 0.1) is 10.1 Å². The summed E-state index contributed by atoms with van der Waals surface area (Å²) >= 11 is 4.35. The molecule has 0 aromatic heterocycles. The van der Waals surface area contributed by atoms with Gasteiger partial charge >= 0.3 is 5.97 Å². The summed E-state index contributed by atoms with van der Waals surface area (Å²) < 4.78 is 5.23. The van der Waals surface area contributed by atoms with Gasteiger partial charge in [-0.3, -0.25) is 29.4 Å². The van der Waals surface area contributed by atoms with Crippen molar-refractivity contribution < 1.29 is 28.8 Å². The first-order valence-corrected chi connectivity index (χ1v) is 10.9. The van der Waals surface area contributed by atoms with E-state index in [0.29, 0.717) is 11.3 Å². The van der Waals surface area contributed by atoms with E-state index < -0.39 is 34.1 Å². The van der Waals surface area contributed by atoms with Gasteiger partial charge in [-0.15, -0.1) is 11.8 Å². The summed E-state index contributed by atoms with van der Waals surface area (Å²) in [5.74, 6) is -1.56. The van der Waals surface area contributed by atoms with E-state index in [1.54, 1.807) is 6.08 Å². The normalized spacial score (nSPS) is 19.8. The molecule has 0 radical (unpaired) electrons. The molecule has 2 amide bonds. The number of ether oxygens (including phenoxy) is 1. The van der Waals surface area contributed by atoms with Gasteiger partial charge in [-0.25, -0.2) is 4.79 Å². The van der Waals surface area contributed by atoms with Crippen molar-refractivity contribution in [2.24, 2.45) is 0 Å². The number of carbonyl (C=O) groups is 4. The maximum absolute atomic E-state index is 12.5. The average molecular weight is 498 g/mol. The fourth-order valence-corrected chi connectivity index (χ4v) is 4.31. The van der Waals surface area contributed by atoms with Crippen molar-refractivity contribution in [3.63, 3.8) is 0 Å². The number of thioether (sulfide) groups is 1. The molecule has 2 atom stereocenters. The van der Waals surface area contributed by atoms with Gasteiger partial charge in [0.05, 0.1) is 16.7 Å². The molecule has 1 saturated heterocycles. The van der Waals surface area contributed by atoms with Crippen molar-refractivity contribution in [3.8, 4) is 0 Å². The van der Waals surface area contributed by atoms with Crippen molar-refractivity contribution >= 4 is 56.9 Å². The highest BCUT2D eigenvalue weighted by molar-refractivity contribution is 9.09. The number of nitro benzene ring substituents is 1. The molecule has 3 rings (SSSR count). The van der Waals surface area contributed by atoms with E-state index in [0.717, 1.165) is 0 Å². The number of esters is 1. The van der Waals surface area contributed by atoms with Gasteiger partial charge in [0.25, 0.3) is 11.6 Å². The molecule has 10 nitrogen and oxygen atoms in total. The Labute approximate surface area is 183 Å². The van der Waals surface area contributed by atoms with Gasteiger partial charge < -0.3 is 10.1 Å². The Kier molecular flexibility index (Phi) is 6.87. The molecule has 2 aliphatic heterocycles. The molecule has 0 bridgehead atoms. The Morgan fingerprint density at radius 1 is 1.30 bits per heavy atom. The number of nitro groups is 1. The number of hydrogen-bond acceptors (Lipinski definition) is 8. The van der Waals surface area contributed by atoms with Crippen LogP contribution in [-0.4, -0.2) is 55.9 Å². The molecule has 1 aromatic rings. The Hall–Kier alpha value is -2.73. The molecule has 158 valence electrons. The molecule has 0 saturated carbocycles. The second-order valence-corrected chi connectivity index (χ2v) is 8.13. The molecular weight excluding hydrogens is 482 g/mol. The SMILES string of the molecule is O=C(CBr)CC(=O)NC1C(=O)N2C(C(=O)OCc3ccc([N+](=O)[O-])cc3)=CCS[C@@H]12. The molecule has 0 spiro atoms. The number of alkyl halides is 1. The maximum atomic E-state index is 12.5. The number of carbonyl (C=O) groups excluding carboxylic acids is 4. The number of halogens is 1.